The van der Waals surface area contributed by atoms with E-state index in [1.54, 1.807) is 5.38 Å². The Morgan fingerprint density at radius 1 is 1.57 bits per heavy atom. The maximum atomic E-state index is 11.3. The molecule has 74 valence electrons. The van der Waals surface area contributed by atoms with Crippen LogP contribution in [0.4, 0.5) is 5.13 Å². The van der Waals surface area contributed by atoms with E-state index in [9.17, 15) is 9.59 Å². The molecule has 1 saturated carbocycles. The Balaban J connectivity index is 2.02. The molecule has 1 aliphatic carbocycles. The molecule has 1 aromatic rings. The molecule has 0 spiro atoms. The van der Waals surface area contributed by atoms with Crippen LogP contribution in [0.15, 0.2) is 5.38 Å². The molecule has 0 saturated heterocycles. The van der Waals surface area contributed by atoms with E-state index in [0.717, 1.165) is 12.8 Å². The molecule has 1 heterocycles. The average Bonchev–Trinajstić information content (AvgIpc) is 2.87. The van der Waals surface area contributed by atoms with Crippen molar-refractivity contribution in [1.82, 2.24) is 4.98 Å². The van der Waals surface area contributed by atoms with Crippen molar-refractivity contribution in [3.8, 4) is 0 Å². The highest BCUT2D eigenvalue weighted by Gasteiger charge is 2.30. The van der Waals surface area contributed by atoms with Gasteiger partial charge in [-0.25, -0.2) is 4.98 Å². The number of nitrogens with one attached hydrogen (secondary N) is 1. The zero-order valence-electron chi connectivity index (χ0n) is 7.74. The van der Waals surface area contributed by atoms with Gasteiger partial charge >= 0.3 is 0 Å². The van der Waals surface area contributed by atoms with Crippen LogP contribution >= 0.6 is 11.3 Å². The van der Waals surface area contributed by atoms with Crippen LogP contribution in [0.5, 0.6) is 0 Å². The highest BCUT2D eigenvalue weighted by molar-refractivity contribution is 7.14. The van der Waals surface area contributed by atoms with Crippen molar-refractivity contribution in [3.05, 3.63) is 11.1 Å². The molecule has 4 nitrogen and oxygen atoms in total. The number of nitrogens with zero attached hydrogens (tertiary/aromatic N) is 1. The number of hydrogen-bond donors (Lipinski definition) is 1. The Morgan fingerprint density at radius 2 is 2.29 bits per heavy atom. The summed E-state index contributed by atoms with van der Waals surface area (Å²) in [6.45, 7) is 1.46. The molecule has 0 bridgehead atoms. The molecule has 0 unspecified atom stereocenters. The molecule has 5 heteroatoms. The molecule has 1 aliphatic rings. The van der Waals surface area contributed by atoms with Gasteiger partial charge in [0.2, 0.25) is 5.91 Å². The van der Waals surface area contributed by atoms with Crippen LogP contribution in [0.3, 0.4) is 0 Å². The lowest BCUT2D eigenvalue weighted by Crippen LogP contribution is -2.13. The van der Waals surface area contributed by atoms with Crippen molar-refractivity contribution >= 4 is 28.2 Å². The minimum atomic E-state index is -0.0758. The van der Waals surface area contributed by atoms with Crippen LogP contribution in [0.1, 0.15) is 30.3 Å². The van der Waals surface area contributed by atoms with Gasteiger partial charge < -0.3 is 5.32 Å². The van der Waals surface area contributed by atoms with Gasteiger partial charge in [0.1, 0.15) is 5.69 Å². The van der Waals surface area contributed by atoms with Crippen LogP contribution in [0, 0.1) is 5.92 Å². The van der Waals surface area contributed by atoms with Gasteiger partial charge in [0.25, 0.3) is 0 Å². The lowest BCUT2D eigenvalue weighted by molar-refractivity contribution is -0.117. The number of carbonyl (C=O) groups excluding carboxylic acids is 2. The Hall–Kier alpha value is -1.23. The molecule has 0 atom stereocenters. The lowest BCUT2D eigenvalue weighted by atomic mass is 10.4. The van der Waals surface area contributed by atoms with Crippen molar-refractivity contribution in [2.75, 3.05) is 5.32 Å². The van der Waals surface area contributed by atoms with Gasteiger partial charge in [0, 0.05) is 18.2 Å². The number of rotatable bonds is 3. The van der Waals surface area contributed by atoms with Gasteiger partial charge in [-0.3, -0.25) is 9.59 Å². The van der Waals surface area contributed by atoms with Crippen molar-refractivity contribution in [2.24, 2.45) is 5.92 Å². The summed E-state index contributed by atoms with van der Waals surface area (Å²) in [6, 6.07) is 0. The molecule has 1 fully saturated rings. The zero-order valence-corrected chi connectivity index (χ0v) is 8.56. The predicted molar refractivity (Wildman–Crippen MR) is 53.5 cm³/mol. The summed E-state index contributed by atoms with van der Waals surface area (Å²) >= 11 is 1.29. The molecule has 1 N–H and O–H groups in total. The third-order valence-corrected chi connectivity index (χ3v) is 2.80. The first-order valence-corrected chi connectivity index (χ1v) is 5.32. The van der Waals surface area contributed by atoms with Crippen molar-refractivity contribution in [2.45, 2.75) is 19.8 Å². The summed E-state index contributed by atoms with van der Waals surface area (Å²) in [6.07, 6.45) is 1.94. The van der Waals surface area contributed by atoms with Crippen LogP contribution in [-0.4, -0.2) is 16.7 Å². The maximum absolute atomic E-state index is 11.3. The van der Waals surface area contributed by atoms with E-state index in [4.69, 9.17) is 0 Å². The standard InChI is InChI=1S/C9H10N2O2S/c1-5(12)7-4-14-9(10-7)11-8(13)6-2-3-6/h4,6H,2-3H2,1H3,(H,10,11,13). The number of ketones is 1. The Labute approximate surface area is 85.3 Å². The largest absolute Gasteiger partial charge is 0.302 e. The second kappa shape index (κ2) is 3.49. The number of carbonyl (C=O) groups is 2. The average molecular weight is 210 g/mol. The van der Waals surface area contributed by atoms with E-state index in [-0.39, 0.29) is 17.6 Å². The van der Waals surface area contributed by atoms with Crippen LogP contribution < -0.4 is 5.32 Å². The Morgan fingerprint density at radius 3 is 2.79 bits per heavy atom. The molecule has 2 rings (SSSR count). The van der Waals surface area contributed by atoms with Crippen molar-refractivity contribution in [1.29, 1.82) is 0 Å². The molecular formula is C9H10N2O2S. The van der Waals surface area contributed by atoms with E-state index in [0.29, 0.717) is 10.8 Å². The highest BCUT2D eigenvalue weighted by Crippen LogP contribution is 2.30. The number of Topliss-reactive ketones (excluding diaryl/α,β-unsaturated/α-hetero) is 1. The fourth-order valence-electron chi connectivity index (χ4n) is 1.05. The molecular weight excluding hydrogens is 200 g/mol. The van der Waals surface area contributed by atoms with E-state index < -0.39 is 0 Å². The first-order chi connectivity index (χ1) is 6.66. The lowest BCUT2D eigenvalue weighted by Gasteiger charge is -1.97. The number of thiazole rings is 1. The predicted octanol–water partition coefficient (Wildman–Crippen LogP) is 1.69. The molecule has 0 radical (unpaired) electrons. The summed E-state index contributed by atoms with van der Waals surface area (Å²) in [5, 5.41) is 4.87. The second-order valence-electron chi connectivity index (χ2n) is 3.36. The Kier molecular flexibility index (Phi) is 2.33. The van der Waals surface area contributed by atoms with Gasteiger partial charge in [0.05, 0.1) is 0 Å². The fourth-order valence-corrected chi connectivity index (χ4v) is 1.80. The van der Waals surface area contributed by atoms with E-state index in [1.807, 2.05) is 0 Å². The minimum absolute atomic E-state index is 0.0226. The zero-order chi connectivity index (χ0) is 10.1. The van der Waals surface area contributed by atoms with Gasteiger partial charge in [0.15, 0.2) is 10.9 Å². The third-order valence-electron chi connectivity index (χ3n) is 2.04. The second-order valence-corrected chi connectivity index (χ2v) is 4.22. The van der Waals surface area contributed by atoms with Gasteiger partial charge in [-0.05, 0) is 12.8 Å². The van der Waals surface area contributed by atoms with Crippen LogP contribution in [0.25, 0.3) is 0 Å². The van der Waals surface area contributed by atoms with Crippen LogP contribution in [-0.2, 0) is 4.79 Å². The summed E-state index contributed by atoms with van der Waals surface area (Å²) in [5.41, 5.74) is 0.418. The molecule has 14 heavy (non-hydrogen) atoms. The van der Waals surface area contributed by atoms with E-state index >= 15 is 0 Å². The first-order valence-electron chi connectivity index (χ1n) is 4.44. The quantitative estimate of drug-likeness (QED) is 0.772. The third kappa shape index (κ3) is 1.98. The monoisotopic (exact) mass is 210 g/mol. The van der Waals surface area contributed by atoms with Crippen LogP contribution in [0.2, 0.25) is 0 Å². The summed E-state index contributed by atoms with van der Waals surface area (Å²) in [5.74, 6) is 0.113. The molecule has 0 aliphatic heterocycles. The molecule has 1 amide bonds. The highest BCUT2D eigenvalue weighted by atomic mass is 32.1. The van der Waals surface area contributed by atoms with Gasteiger partial charge in [-0.1, -0.05) is 0 Å². The number of aromatic nitrogens is 1. The van der Waals surface area contributed by atoms with E-state index in [2.05, 4.69) is 10.3 Å². The van der Waals surface area contributed by atoms with Crippen molar-refractivity contribution in [3.63, 3.8) is 0 Å². The van der Waals surface area contributed by atoms with E-state index in [1.165, 1.54) is 18.3 Å². The Bertz CT molecular complexity index is 382. The van der Waals surface area contributed by atoms with Gasteiger partial charge in [-0.2, -0.15) is 0 Å². The fraction of sp³-hybridized carbons (Fsp3) is 0.444. The molecule has 1 aromatic heterocycles. The number of amides is 1. The summed E-state index contributed by atoms with van der Waals surface area (Å²) in [7, 11) is 0. The summed E-state index contributed by atoms with van der Waals surface area (Å²) < 4.78 is 0. The summed E-state index contributed by atoms with van der Waals surface area (Å²) in [4.78, 5) is 26.2. The molecule has 0 aromatic carbocycles. The smallest absolute Gasteiger partial charge is 0.229 e. The minimum Gasteiger partial charge on any atom is -0.302 e. The van der Waals surface area contributed by atoms with Crippen molar-refractivity contribution < 1.29 is 9.59 Å². The number of hydrogen-bond acceptors (Lipinski definition) is 4. The topological polar surface area (TPSA) is 59.1 Å². The normalized spacial score (nSPS) is 15.2. The number of anilines is 1. The maximum Gasteiger partial charge on any atom is 0.229 e. The van der Waals surface area contributed by atoms with Gasteiger partial charge in [-0.15, -0.1) is 11.3 Å². The SMILES string of the molecule is CC(=O)c1csc(NC(=O)C2CC2)n1. The first kappa shape index (κ1) is 9.33.